The quantitative estimate of drug-likeness (QED) is 0.833. The highest BCUT2D eigenvalue weighted by Gasteiger charge is 2.35. The normalized spacial score (nSPS) is 24.9. The molecule has 3 atom stereocenters. The lowest BCUT2D eigenvalue weighted by molar-refractivity contribution is 0.0694. The summed E-state index contributed by atoms with van der Waals surface area (Å²) in [5.41, 5.74) is -0.441. The van der Waals surface area contributed by atoms with Gasteiger partial charge in [0.25, 0.3) is 0 Å². The number of aromatic nitrogens is 1. The van der Waals surface area contributed by atoms with Gasteiger partial charge in [-0.05, 0) is 33.9 Å². The van der Waals surface area contributed by atoms with Gasteiger partial charge < -0.3 is 14.6 Å². The number of anilines is 1. The Kier molecular flexibility index (Phi) is 4.49. The van der Waals surface area contributed by atoms with Gasteiger partial charge >= 0.3 is 5.97 Å². The van der Waals surface area contributed by atoms with E-state index in [9.17, 15) is 19.5 Å². The first-order valence-corrected chi connectivity index (χ1v) is 9.76. The molecule has 0 spiro atoms. The lowest BCUT2D eigenvalue weighted by Crippen LogP contribution is -2.55. The van der Waals surface area contributed by atoms with E-state index in [0.717, 1.165) is 6.07 Å². The van der Waals surface area contributed by atoms with Crippen molar-refractivity contribution in [2.24, 2.45) is 0 Å². The summed E-state index contributed by atoms with van der Waals surface area (Å²) in [5.74, 6) is -2.25. The van der Waals surface area contributed by atoms with Crippen LogP contribution in [0.2, 0.25) is 0 Å². The van der Waals surface area contributed by atoms with Gasteiger partial charge in [-0.2, -0.15) is 0 Å². The molecule has 2 aliphatic rings. The monoisotopic (exact) mass is 401 g/mol. The van der Waals surface area contributed by atoms with Crippen molar-refractivity contribution in [2.75, 3.05) is 25.0 Å². The maximum atomic E-state index is 15.3. The number of hydrogen-bond acceptors (Lipinski definition) is 5. The van der Waals surface area contributed by atoms with E-state index in [0.29, 0.717) is 18.6 Å². The fourth-order valence-corrected chi connectivity index (χ4v) is 4.61. The number of Topliss-reactive ketones (excluding diaryl/α,β-unsaturated/α-hetero) is 1. The number of aromatic carboxylic acids is 1. The van der Waals surface area contributed by atoms with Crippen molar-refractivity contribution >= 4 is 28.3 Å². The van der Waals surface area contributed by atoms with E-state index < -0.39 is 22.8 Å². The highest BCUT2D eigenvalue weighted by atomic mass is 19.1. The van der Waals surface area contributed by atoms with Crippen molar-refractivity contribution in [1.29, 1.82) is 0 Å². The molecule has 7 nitrogen and oxygen atoms in total. The first kappa shape index (κ1) is 19.6. The van der Waals surface area contributed by atoms with Crippen molar-refractivity contribution in [1.82, 2.24) is 9.47 Å². The fourth-order valence-electron chi connectivity index (χ4n) is 4.61. The number of hydrogen-bond donors (Lipinski definition) is 1. The van der Waals surface area contributed by atoms with E-state index in [-0.39, 0.29) is 47.0 Å². The van der Waals surface area contributed by atoms with Gasteiger partial charge in [0.05, 0.1) is 22.2 Å². The van der Waals surface area contributed by atoms with Crippen molar-refractivity contribution in [3.63, 3.8) is 0 Å². The summed E-state index contributed by atoms with van der Waals surface area (Å²) in [5, 5.41) is 9.34. The lowest BCUT2D eigenvalue weighted by atomic mass is 9.92. The Balaban J connectivity index is 2.05. The molecular formula is C21H24FN3O4. The molecular weight excluding hydrogens is 377 g/mol. The molecule has 1 aromatic heterocycles. The largest absolute Gasteiger partial charge is 0.477 e. The molecule has 3 unspecified atom stereocenters. The Labute approximate surface area is 167 Å². The topological polar surface area (TPSA) is 82.8 Å². The van der Waals surface area contributed by atoms with Crippen LogP contribution in [-0.4, -0.2) is 58.5 Å². The molecule has 1 fully saturated rings. The first-order chi connectivity index (χ1) is 13.6. The van der Waals surface area contributed by atoms with Crippen LogP contribution in [0.25, 0.3) is 10.9 Å². The van der Waals surface area contributed by atoms with E-state index in [1.54, 1.807) is 11.5 Å². The number of halogens is 1. The van der Waals surface area contributed by atoms with E-state index in [4.69, 9.17) is 0 Å². The Morgan fingerprint density at radius 1 is 1.14 bits per heavy atom. The van der Waals surface area contributed by atoms with Gasteiger partial charge in [0.15, 0.2) is 5.78 Å². The molecule has 0 aliphatic carbocycles. The minimum Gasteiger partial charge on any atom is -0.477 e. The van der Waals surface area contributed by atoms with Crippen LogP contribution in [-0.2, 0) is 0 Å². The van der Waals surface area contributed by atoms with Crippen LogP contribution in [0.3, 0.4) is 0 Å². The molecule has 4 rings (SSSR count). The highest BCUT2D eigenvalue weighted by Crippen LogP contribution is 2.39. The fraction of sp³-hybridized carbons (Fsp3) is 0.476. The number of ketones is 1. The van der Waals surface area contributed by atoms with Crippen LogP contribution in [0.1, 0.15) is 53.9 Å². The van der Waals surface area contributed by atoms with Gasteiger partial charge in [0.2, 0.25) is 5.43 Å². The van der Waals surface area contributed by atoms with Crippen LogP contribution in [0.4, 0.5) is 10.1 Å². The summed E-state index contributed by atoms with van der Waals surface area (Å²) in [6.45, 7) is 6.99. The lowest BCUT2D eigenvalue weighted by Gasteiger charge is -2.44. The summed E-state index contributed by atoms with van der Waals surface area (Å²) in [4.78, 5) is 41.4. The van der Waals surface area contributed by atoms with Crippen LogP contribution >= 0.6 is 0 Å². The number of rotatable bonds is 2. The maximum Gasteiger partial charge on any atom is 0.341 e. The summed E-state index contributed by atoms with van der Waals surface area (Å²) in [7, 11) is 2.02. The zero-order chi connectivity index (χ0) is 21.2. The van der Waals surface area contributed by atoms with Crippen molar-refractivity contribution in [3.8, 4) is 0 Å². The van der Waals surface area contributed by atoms with Gasteiger partial charge in [-0.1, -0.05) is 0 Å². The molecule has 1 saturated heterocycles. The van der Waals surface area contributed by atoms with E-state index in [1.807, 2.05) is 25.8 Å². The molecule has 0 amide bonds. The van der Waals surface area contributed by atoms with Crippen LogP contribution in [0.15, 0.2) is 17.1 Å². The van der Waals surface area contributed by atoms with Crippen molar-refractivity contribution in [2.45, 2.75) is 45.3 Å². The number of benzene rings is 1. The highest BCUT2D eigenvalue weighted by molar-refractivity contribution is 6.13. The summed E-state index contributed by atoms with van der Waals surface area (Å²) in [6.07, 6.45) is 1.41. The third kappa shape index (κ3) is 2.85. The molecule has 0 radical (unpaired) electrons. The van der Waals surface area contributed by atoms with Crippen molar-refractivity contribution < 1.29 is 19.1 Å². The number of likely N-dealkylation sites (N-methyl/N-ethyl adjacent to an activating group) is 1. The van der Waals surface area contributed by atoms with Gasteiger partial charge in [0, 0.05) is 43.8 Å². The Bertz CT molecular complexity index is 1100. The minimum atomic E-state index is -1.36. The molecule has 1 N–H and O–H groups in total. The number of carbonyl (C=O) groups excluding carboxylic acids is 1. The molecule has 1 aromatic carbocycles. The number of carbonyl (C=O) groups is 2. The molecule has 3 heterocycles. The predicted molar refractivity (Wildman–Crippen MR) is 108 cm³/mol. The van der Waals surface area contributed by atoms with Crippen LogP contribution in [0.5, 0.6) is 0 Å². The average molecular weight is 401 g/mol. The zero-order valence-electron chi connectivity index (χ0n) is 16.9. The SMILES string of the molecule is CC1CN(c2c(F)cc3c(=O)c(C(=O)O)cn4c3c2C(=O)CC4C)CC(C)N1C. The number of carboxylic acid groups (broad SMARTS) is 1. The van der Waals surface area contributed by atoms with E-state index in [2.05, 4.69) is 4.90 Å². The van der Waals surface area contributed by atoms with E-state index >= 15 is 4.39 Å². The van der Waals surface area contributed by atoms with E-state index in [1.165, 1.54) is 6.20 Å². The smallest absolute Gasteiger partial charge is 0.341 e. The Morgan fingerprint density at radius 3 is 2.34 bits per heavy atom. The van der Waals surface area contributed by atoms with Gasteiger partial charge in [-0.3, -0.25) is 14.5 Å². The maximum absolute atomic E-state index is 15.3. The second-order valence-electron chi connectivity index (χ2n) is 8.31. The standard InChI is InChI=1S/C21H24FN3O4/c1-10-5-16(26)17-18-13(20(27)14(21(28)29)9-25(10)18)6-15(22)19(17)24-7-11(2)23(4)12(3)8-24/h6,9-12H,5,7-8H2,1-4H3,(H,28,29). The summed E-state index contributed by atoms with van der Waals surface area (Å²) >= 11 is 0. The molecule has 0 saturated carbocycles. The molecule has 154 valence electrons. The number of pyridine rings is 1. The second kappa shape index (κ2) is 6.66. The molecule has 29 heavy (non-hydrogen) atoms. The van der Waals surface area contributed by atoms with Crippen molar-refractivity contribution in [3.05, 3.63) is 39.4 Å². The minimum absolute atomic E-state index is 0.0590. The van der Waals surface area contributed by atoms with Crippen LogP contribution in [0, 0.1) is 5.82 Å². The molecule has 8 heteroatoms. The second-order valence-corrected chi connectivity index (χ2v) is 8.31. The zero-order valence-corrected chi connectivity index (χ0v) is 16.9. The predicted octanol–water partition coefficient (Wildman–Crippen LogP) is 2.52. The van der Waals surface area contributed by atoms with Gasteiger partial charge in [-0.25, -0.2) is 9.18 Å². The third-order valence-electron chi connectivity index (χ3n) is 6.38. The Hall–Kier alpha value is -2.74. The van der Waals surface area contributed by atoms with Gasteiger partial charge in [-0.15, -0.1) is 0 Å². The number of carboxylic acids is 1. The number of piperazine rings is 1. The summed E-state index contributed by atoms with van der Waals surface area (Å²) in [6, 6.07) is 1.10. The molecule has 0 bridgehead atoms. The molecule has 2 aliphatic heterocycles. The molecule has 2 aromatic rings. The number of nitrogens with zero attached hydrogens (tertiary/aromatic N) is 3. The third-order valence-corrected chi connectivity index (χ3v) is 6.38. The average Bonchev–Trinajstić information content (AvgIpc) is 2.64. The first-order valence-electron chi connectivity index (χ1n) is 9.76. The van der Waals surface area contributed by atoms with Crippen LogP contribution < -0.4 is 10.3 Å². The van der Waals surface area contributed by atoms with Gasteiger partial charge in [0.1, 0.15) is 11.4 Å². The Morgan fingerprint density at radius 2 is 1.76 bits per heavy atom. The summed E-state index contributed by atoms with van der Waals surface area (Å²) < 4.78 is 17.0.